The molecule has 9 nitrogen and oxygen atoms in total. The highest BCUT2D eigenvalue weighted by Crippen LogP contribution is 2.31. The van der Waals surface area contributed by atoms with Gasteiger partial charge in [-0.1, -0.05) is 0 Å². The predicted octanol–water partition coefficient (Wildman–Crippen LogP) is 0.803. The molecule has 166 valence electrons. The van der Waals surface area contributed by atoms with Gasteiger partial charge in [0.2, 0.25) is 21.4 Å². The Morgan fingerprint density at radius 1 is 1.13 bits per heavy atom. The summed E-state index contributed by atoms with van der Waals surface area (Å²) in [5.74, 6) is 0.0239. The van der Waals surface area contributed by atoms with Crippen LogP contribution in [0.2, 0.25) is 0 Å². The van der Waals surface area contributed by atoms with Crippen molar-refractivity contribution in [2.75, 3.05) is 44.2 Å². The number of aromatic hydroxyl groups is 1. The zero-order valence-electron chi connectivity index (χ0n) is 17.3. The highest BCUT2D eigenvalue weighted by Gasteiger charge is 2.30. The second kappa shape index (κ2) is 8.45. The van der Waals surface area contributed by atoms with Crippen molar-refractivity contribution >= 4 is 21.6 Å². The van der Waals surface area contributed by atoms with E-state index in [9.17, 15) is 23.1 Å². The second-order valence-electron chi connectivity index (χ2n) is 7.80. The first-order chi connectivity index (χ1) is 14.8. The van der Waals surface area contributed by atoms with Crippen LogP contribution in [-0.4, -0.2) is 67.9 Å². The Morgan fingerprint density at radius 3 is 2.55 bits per heavy atom. The standard InChI is InChI=1S/C21H25N3O6S/c1-15(25)24-7-4-16-12-18(2-3-19(16)24)31(28,29)23-10-8-22(9-11-23)6-5-17-13-20(26)21(27)14-30-17/h2-3,12-14,27H,4-11H2,1H3. The van der Waals surface area contributed by atoms with Crippen LogP contribution in [0.15, 0.2) is 44.6 Å². The Bertz CT molecular complexity index is 1150. The van der Waals surface area contributed by atoms with Crippen molar-refractivity contribution in [1.82, 2.24) is 9.21 Å². The van der Waals surface area contributed by atoms with Crippen molar-refractivity contribution in [3.05, 3.63) is 52.1 Å². The van der Waals surface area contributed by atoms with Gasteiger partial charge in [0.25, 0.3) is 0 Å². The lowest BCUT2D eigenvalue weighted by Gasteiger charge is -2.34. The Balaban J connectivity index is 1.37. The molecule has 2 aliphatic heterocycles. The Morgan fingerprint density at radius 2 is 1.87 bits per heavy atom. The van der Waals surface area contributed by atoms with Crippen molar-refractivity contribution in [3.8, 4) is 5.75 Å². The Kier molecular flexibility index (Phi) is 5.87. The third-order valence-electron chi connectivity index (χ3n) is 5.84. The minimum Gasteiger partial charge on any atom is -0.502 e. The van der Waals surface area contributed by atoms with E-state index in [4.69, 9.17) is 4.42 Å². The molecule has 31 heavy (non-hydrogen) atoms. The number of sulfonamides is 1. The van der Waals surface area contributed by atoms with Crippen LogP contribution < -0.4 is 10.3 Å². The van der Waals surface area contributed by atoms with Gasteiger partial charge < -0.3 is 19.3 Å². The molecule has 4 rings (SSSR count). The number of carbonyl (C=O) groups is 1. The average Bonchev–Trinajstić information content (AvgIpc) is 3.18. The van der Waals surface area contributed by atoms with Crippen molar-refractivity contribution in [1.29, 1.82) is 0 Å². The topological polar surface area (TPSA) is 111 Å². The number of hydrogen-bond donors (Lipinski definition) is 1. The molecule has 0 aliphatic carbocycles. The summed E-state index contributed by atoms with van der Waals surface area (Å²) in [5, 5.41) is 9.25. The maximum Gasteiger partial charge on any atom is 0.243 e. The number of piperazine rings is 1. The fourth-order valence-corrected chi connectivity index (χ4v) is 5.52. The maximum absolute atomic E-state index is 13.1. The molecule has 1 saturated heterocycles. The Labute approximate surface area is 180 Å². The number of hydrogen-bond acceptors (Lipinski definition) is 7. The minimum absolute atomic E-state index is 0.0444. The summed E-state index contributed by atoms with van der Waals surface area (Å²) in [6.07, 6.45) is 2.19. The summed E-state index contributed by atoms with van der Waals surface area (Å²) >= 11 is 0. The van der Waals surface area contributed by atoms with Crippen molar-refractivity contribution < 1.29 is 22.7 Å². The number of rotatable bonds is 5. The molecule has 0 radical (unpaired) electrons. The van der Waals surface area contributed by atoms with Gasteiger partial charge in [0.15, 0.2) is 5.75 Å². The Hall–Kier alpha value is -2.69. The summed E-state index contributed by atoms with van der Waals surface area (Å²) in [7, 11) is -3.61. The number of amides is 1. The molecule has 1 amide bonds. The molecule has 10 heteroatoms. The SMILES string of the molecule is CC(=O)N1CCc2cc(S(=O)(=O)N3CCN(CCc4cc(=O)c(O)co4)CC3)ccc21. The van der Waals surface area contributed by atoms with E-state index in [0.717, 1.165) is 17.5 Å². The molecule has 1 fully saturated rings. The van der Waals surface area contributed by atoms with E-state index >= 15 is 0 Å². The van der Waals surface area contributed by atoms with Crippen LogP contribution in [0.4, 0.5) is 5.69 Å². The van der Waals surface area contributed by atoms with Crippen LogP contribution in [0.5, 0.6) is 5.75 Å². The molecule has 2 aromatic rings. The van der Waals surface area contributed by atoms with Gasteiger partial charge in [-0.3, -0.25) is 9.59 Å². The van der Waals surface area contributed by atoms with Gasteiger partial charge in [0.05, 0.1) is 4.90 Å². The fraction of sp³-hybridized carbons (Fsp3) is 0.429. The number of carbonyl (C=O) groups excluding carboxylic acids is 1. The lowest BCUT2D eigenvalue weighted by atomic mass is 10.2. The maximum atomic E-state index is 13.1. The lowest BCUT2D eigenvalue weighted by Crippen LogP contribution is -2.49. The molecule has 0 bridgehead atoms. The average molecular weight is 448 g/mol. The van der Waals surface area contributed by atoms with Gasteiger partial charge >= 0.3 is 0 Å². The van der Waals surface area contributed by atoms with Gasteiger partial charge in [-0.15, -0.1) is 0 Å². The number of anilines is 1. The van der Waals surface area contributed by atoms with E-state index in [2.05, 4.69) is 4.90 Å². The van der Waals surface area contributed by atoms with E-state index in [1.165, 1.54) is 17.3 Å². The fourth-order valence-electron chi connectivity index (χ4n) is 4.05. The van der Waals surface area contributed by atoms with Crippen molar-refractivity contribution in [2.24, 2.45) is 0 Å². The summed E-state index contributed by atoms with van der Waals surface area (Å²) in [6.45, 7) is 4.61. The van der Waals surface area contributed by atoms with Gasteiger partial charge in [0.1, 0.15) is 12.0 Å². The molecular weight excluding hydrogens is 422 g/mol. The number of fused-ring (bicyclic) bond motifs is 1. The minimum atomic E-state index is -3.61. The van der Waals surface area contributed by atoms with Crippen LogP contribution in [0.25, 0.3) is 0 Å². The molecule has 1 aromatic carbocycles. The van der Waals surface area contributed by atoms with Crippen LogP contribution in [0.3, 0.4) is 0 Å². The van der Waals surface area contributed by atoms with Gasteiger partial charge in [-0.05, 0) is 30.2 Å². The van der Waals surface area contributed by atoms with Gasteiger partial charge in [-0.2, -0.15) is 4.31 Å². The van der Waals surface area contributed by atoms with E-state index in [1.54, 1.807) is 23.1 Å². The molecule has 3 heterocycles. The summed E-state index contributed by atoms with van der Waals surface area (Å²) in [6, 6.07) is 6.26. The van der Waals surface area contributed by atoms with E-state index in [-0.39, 0.29) is 10.8 Å². The van der Waals surface area contributed by atoms with Crippen LogP contribution in [0, 0.1) is 0 Å². The third kappa shape index (κ3) is 4.36. The normalized spacial score (nSPS) is 17.6. The summed E-state index contributed by atoms with van der Waals surface area (Å²) in [4.78, 5) is 27.2. The molecule has 1 N–H and O–H groups in total. The molecule has 1 aromatic heterocycles. The van der Waals surface area contributed by atoms with E-state index < -0.39 is 21.2 Å². The first kappa shape index (κ1) is 21.5. The smallest absolute Gasteiger partial charge is 0.243 e. The highest BCUT2D eigenvalue weighted by atomic mass is 32.2. The molecule has 0 saturated carbocycles. The first-order valence-electron chi connectivity index (χ1n) is 10.2. The lowest BCUT2D eigenvalue weighted by molar-refractivity contribution is -0.116. The zero-order chi connectivity index (χ0) is 22.2. The van der Waals surface area contributed by atoms with Crippen molar-refractivity contribution in [3.63, 3.8) is 0 Å². The highest BCUT2D eigenvalue weighted by molar-refractivity contribution is 7.89. The van der Waals surface area contributed by atoms with Crippen molar-refractivity contribution in [2.45, 2.75) is 24.7 Å². The van der Waals surface area contributed by atoms with E-state index in [0.29, 0.717) is 57.9 Å². The van der Waals surface area contributed by atoms with Gasteiger partial charge in [-0.25, -0.2) is 8.42 Å². The molecular formula is C21H25N3O6S. The largest absolute Gasteiger partial charge is 0.502 e. The summed E-state index contributed by atoms with van der Waals surface area (Å²) in [5.41, 5.74) is 1.19. The van der Waals surface area contributed by atoms with Crippen LogP contribution in [0.1, 0.15) is 18.2 Å². The zero-order valence-corrected chi connectivity index (χ0v) is 18.1. The van der Waals surface area contributed by atoms with E-state index in [1.807, 2.05) is 0 Å². The molecule has 0 unspecified atom stereocenters. The molecule has 0 atom stereocenters. The molecule has 2 aliphatic rings. The number of benzene rings is 1. The third-order valence-corrected chi connectivity index (χ3v) is 7.73. The monoisotopic (exact) mass is 447 g/mol. The summed E-state index contributed by atoms with van der Waals surface area (Å²) < 4.78 is 32.9. The predicted molar refractivity (Wildman–Crippen MR) is 114 cm³/mol. The quantitative estimate of drug-likeness (QED) is 0.722. The number of nitrogens with zero attached hydrogens (tertiary/aromatic N) is 3. The first-order valence-corrected chi connectivity index (χ1v) is 11.6. The molecule has 0 spiro atoms. The second-order valence-corrected chi connectivity index (χ2v) is 9.74. The van der Waals surface area contributed by atoms with Gasteiger partial charge in [0, 0.05) is 64.4 Å². The van der Waals surface area contributed by atoms with Crippen LogP contribution in [-0.2, 0) is 27.7 Å². The van der Waals surface area contributed by atoms with Crippen LogP contribution >= 0.6 is 0 Å².